The van der Waals surface area contributed by atoms with E-state index < -0.39 is 0 Å². The average molecular weight is 456 g/mol. The van der Waals surface area contributed by atoms with Crippen LogP contribution in [0.5, 0.6) is 11.5 Å². The summed E-state index contributed by atoms with van der Waals surface area (Å²) >= 11 is 0. The maximum Gasteiger partial charge on any atom is 0.255 e. The minimum Gasteiger partial charge on any atom is -0.497 e. The molecule has 172 valence electrons. The van der Waals surface area contributed by atoms with Crippen molar-refractivity contribution in [1.29, 1.82) is 0 Å². The van der Waals surface area contributed by atoms with Gasteiger partial charge in [0.25, 0.3) is 5.91 Å². The summed E-state index contributed by atoms with van der Waals surface area (Å²) in [7, 11) is 3.24. The molecule has 0 saturated carbocycles. The summed E-state index contributed by atoms with van der Waals surface area (Å²) in [6.07, 6.45) is 5.08. The zero-order chi connectivity index (χ0) is 23.5. The van der Waals surface area contributed by atoms with E-state index in [-0.39, 0.29) is 5.91 Å². The van der Waals surface area contributed by atoms with Gasteiger partial charge in [0.05, 0.1) is 30.7 Å². The maximum atomic E-state index is 12.7. The van der Waals surface area contributed by atoms with Crippen LogP contribution >= 0.6 is 0 Å². The van der Waals surface area contributed by atoms with Crippen molar-refractivity contribution in [2.45, 2.75) is 0 Å². The lowest BCUT2D eigenvalue weighted by Gasteiger charge is -2.36. The number of piperazine rings is 1. The van der Waals surface area contributed by atoms with E-state index in [1.54, 1.807) is 44.9 Å². The SMILES string of the molecule is COc1cc(OC)c2cnc(-c3ccc(N4CCN(C(=O)c5cccnc5)CC4)cc3)nc2c1. The molecular weight excluding hydrogens is 430 g/mol. The molecule has 0 N–H and O–H groups in total. The molecule has 3 heterocycles. The van der Waals surface area contributed by atoms with Crippen LogP contribution < -0.4 is 14.4 Å². The normalized spacial score (nSPS) is 13.7. The van der Waals surface area contributed by atoms with Crippen molar-refractivity contribution in [2.75, 3.05) is 45.3 Å². The third-order valence-electron chi connectivity index (χ3n) is 6.06. The molecule has 2 aromatic heterocycles. The van der Waals surface area contributed by atoms with E-state index >= 15 is 0 Å². The summed E-state index contributed by atoms with van der Waals surface area (Å²) in [4.78, 5) is 30.1. The molecule has 1 saturated heterocycles. The highest BCUT2D eigenvalue weighted by Gasteiger charge is 2.22. The second-order valence-electron chi connectivity index (χ2n) is 8.02. The third kappa shape index (κ3) is 4.22. The van der Waals surface area contributed by atoms with Crippen molar-refractivity contribution < 1.29 is 14.3 Å². The number of methoxy groups -OCH3 is 2. The van der Waals surface area contributed by atoms with E-state index in [0.717, 1.165) is 35.2 Å². The van der Waals surface area contributed by atoms with Gasteiger partial charge in [-0.2, -0.15) is 0 Å². The van der Waals surface area contributed by atoms with Crippen LogP contribution in [0.3, 0.4) is 0 Å². The number of carbonyl (C=O) groups is 1. The van der Waals surface area contributed by atoms with Crippen molar-refractivity contribution in [3.63, 3.8) is 0 Å². The molecule has 0 unspecified atom stereocenters. The van der Waals surface area contributed by atoms with E-state index in [4.69, 9.17) is 14.5 Å². The molecule has 2 aromatic carbocycles. The fourth-order valence-corrected chi connectivity index (χ4v) is 4.16. The fourth-order valence-electron chi connectivity index (χ4n) is 4.16. The molecule has 4 aromatic rings. The topological polar surface area (TPSA) is 80.7 Å². The largest absolute Gasteiger partial charge is 0.497 e. The van der Waals surface area contributed by atoms with Gasteiger partial charge in [-0.15, -0.1) is 0 Å². The van der Waals surface area contributed by atoms with Crippen molar-refractivity contribution in [3.8, 4) is 22.9 Å². The van der Waals surface area contributed by atoms with Crippen molar-refractivity contribution in [2.24, 2.45) is 0 Å². The van der Waals surface area contributed by atoms with Crippen LogP contribution in [0.1, 0.15) is 10.4 Å². The van der Waals surface area contributed by atoms with Crippen molar-refractivity contribution in [1.82, 2.24) is 19.9 Å². The molecule has 8 heteroatoms. The summed E-state index contributed by atoms with van der Waals surface area (Å²) in [5.41, 5.74) is 3.43. The summed E-state index contributed by atoms with van der Waals surface area (Å²) in [5.74, 6) is 2.04. The Labute approximate surface area is 197 Å². The zero-order valence-electron chi connectivity index (χ0n) is 19.1. The molecule has 0 bridgehead atoms. The van der Waals surface area contributed by atoms with Gasteiger partial charge in [0.15, 0.2) is 5.82 Å². The first-order valence-electron chi connectivity index (χ1n) is 11.1. The lowest BCUT2D eigenvalue weighted by molar-refractivity contribution is 0.0746. The molecule has 1 fully saturated rings. The Hall–Kier alpha value is -4.20. The van der Waals surface area contributed by atoms with Gasteiger partial charge >= 0.3 is 0 Å². The van der Waals surface area contributed by atoms with Crippen LogP contribution in [0.2, 0.25) is 0 Å². The van der Waals surface area contributed by atoms with Gasteiger partial charge in [-0.25, -0.2) is 9.97 Å². The molecule has 34 heavy (non-hydrogen) atoms. The van der Waals surface area contributed by atoms with Crippen molar-refractivity contribution in [3.05, 3.63) is 72.7 Å². The van der Waals surface area contributed by atoms with Crippen LogP contribution in [0.25, 0.3) is 22.3 Å². The number of amides is 1. The number of fused-ring (bicyclic) bond motifs is 1. The summed E-state index contributed by atoms with van der Waals surface area (Å²) in [6.45, 7) is 2.90. The molecular formula is C26H25N5O3. The Kier molecular flexibility index (Phi) is 5.95. The Morgan fingerprint density at radius 2 is 1.74 bits per heavy atom. The molecule has 1 aliphatic heterocycles. The van der Waals surface area contributed by atoms with Gasteiger partial charge in [0.2, 0.25) is 0 Å². The predicted molar refractivity (Wildman–Crippen MR) is 130 cm³/mol. The number of hydrogen-bond acceptors (Lipinski definition) is 7. The van der Waals surface area contributed by atoms with Gasteiger partial charge in [-0.1, -0.05) is 0 Å². The van der Waals surface area contributed by atoms with Crippen molar-refractivity contribution >= 4 is 22.5 Å². The van der Waals surface area contributed by atoms with Crippen LogP contribution in [0.4, 0.5) is 5.69 Å². The number of aromatic nitrogens is 3. The highest BCUT2D eigenvalue weighted by atomic mass is 16.5. The highest BCUT2D eigenvalue weighted by Crippen LogP contribution is 2.31. The quantitative estimate of drug-likeness (QED) is 0.454. The highest BCUT2D eigenvalue weighted by molar-refractivity contribution is 5.94. The Morgan fingerprint density at radius 3 is 2.41 bits per heavy atom. The maximum absolute atomic E-state index is 12.7. The molecule has 0 atom stereocenters. The minimum absolute atomic E-state index is 0.0322. The van der Waals surface area contributed by atoms with E-state index in [2.05, 4.69) is 27.0 Å². The van der Waals surface area contributed by atoms with Crippen LogP contribution in [-0.4, -0.2) is 66.2 Å². The van der Waals surface area contributed by atoms with E-state index in [1.165, 1.54) is 0 Å². The number of nitrogens with zero attached hydrogens (tertiary/aromatic N) is 5. The second-order valence-corrected chi connectivity index (χ2v) is 8.02. The van der Waals surface area contributed by atoms with Crippen LogP contribution in [-0.2, 0) is 0 Å². The van der Waals surface area contributed by atoms with E-state index in [9.17, 15) is 4.79 Å². The van der Waals surface area contributed by atoms with E-state index in [1.807, 2.05) is 29.2 Å². The first-order valence-corrected chi connectivity index (χ1v) is 11.1. The van der Waals surface area contributed by atoms with Crippen LogP contribution in [0.15, 0.2) is 67.1 Å². The lowest BCUT2D eigenvalue weighted by Crippen LogP contribution is -2.48. The predicted octanol–water partition coefficient (Wildman–Crippen LogP) is 3.67. The fraction of sp³-hybridized carbons (Fsp3) is 0.231. The summed E-state index contributed by atoms with van der Waals surface area (Å²) < 4.78 is 10.8. The number of benzene rings is 2. The lowest BCUT2D eigenvalue weighted by atomic mass is 10.1. The summed E-state index contributed by atoms with van der Waals surface area (Å²) in [6, 6.07) is 15.5. The number of rotatable bonds is 5. The second kappa shape index (κ2) is 9.35. The van der Waals surface area contributed by atoms with E-state index in [0.29, 0.717) is 36.0 Å². The van der Waals surface area contributed by atoms with Gasteiger partial charge in [-0.05, 0) is 36.4 Å². The third-order valence-corrected chi connectivity index (χ3v) is 6.06. The minimum atomic E-state index is 0.0322. The molecule has 0 aliphatic carbocycles. The zero-order valence-corrected chi connectivity index (χ0v) is 19.1. The standard InChI is InChI=1S/C26H25N5O3/c1-33-21-14-23-22(24(15-21)34-2)17-28-25(29-23)18-5-7-20(8-6-18)30-10-12-31(13-11-30)26(32)19-4-3-9-27-16-19/h3-9,14-17H,10-13H2,1-2H3. The first-order chi connectivity index (χ1) is 16.7. The molecule has 0 spiro atoms. The molecule has 0 radical (unpaired) electrons. The summed E-state index contributed by atoms with van der Waals surface area (Å²) in [5, 5.41) is 0.836. The first kappa shape index (κ1) is 21.6. The van der Waals surface area contributed by atoms with Crippen LogP contribution in [0, 0.1) is 0 Å². The number of hydrogen-bond donors (Lipinski definition) is 0. The number of carbonyl (C=O) groups excluding carboxylic acids is 1. The van der Waals surface area contributed by atoms with Gasteiger partial charge in [0, 0.05) is 68.2 Å². The Bertz CT molecular complexity index is 1300. The smallest absolute Gasteiger partial charge is 0.255 e. The van der Waals surface area contributed by atoms with Gasteiger partial charge in [0.1, 0.15) is 11.5 Å². The monoisotopic (exact) mass is 455 g/mol. The average Bonchev–Trinajstić information content (AvgIpc) is 2.92. The number of pyridine rings is 1. The Morgan fingerprint density at radius 1 is 0.941 bits per heavy atom. The number of ether oxygens (including phenoxy) is 2. The number of anilines is 1. The molecule has 5 rings (SSSR count). The molecule has 1 amide bonds. The molecule has 1 aliphatic rings. The molecule has 8 nitrogen and oxygen atoms in total. The van der Waals surface area contributed by atoms with Gasteiger partial charge in [-0.3, -0.25) is 9.78 Å². The Balaban J connectivity index is 1.30. The van der Waals surface area contributed by atoms with Gasteiger partial charge < -0.3 is 19.3 Å².